The molecule has 10 heteroatoms. The molecular formula is C38H36FN3O6. The lowest BCUT2D eigenvalue weighted by Crippen LogP contribution is -2.52. The van der Waals surface area contributed by atoms with Crippen LogP contribution in [0.5, 0.6) is 17.2 Å². The fourth-order valence-corrected chi connectivity index (χ4v) is 6.35. The molecule has 1 fully saturated rings. The summed E-state index contributed by atoms with van der Waals surface area (Å²) in [6.07, 6.45) is 1.10. The number of hydrogen-bond donors (Lipinski definition) is 4. The summed E-state index contributed by atoms with van der Waals surface area (Å²) >= 11 is 0. The lowest BCUT2D eigenvalue weighted by molar-refractivity contribution is -0.136. The van der Waals surface area contributed by atoms with E-state index in [1.54, 1.807) is 30.3 Å². The molecule has 2 heterocycles. The van der Waals surface area contributed by atoms with Crippen molar-refractivity contribution in [1.82, 2.24) is 15.5 Å². The first-order valence-electron chi connectivity index (χ1n) is 15.9. The number of hydrogen-bond acceptors (Lipinski definition) is 7. The molecule has 0 aliphatic carbocycles. The van der Waals surface area contributed by atoms with Crippen LogP contribution in [-0.4, -0.2) is 52.0 Å². The van der Waals surface area contributed by atoms with E-state index in [1.807, 2.05) is 48.5 Å². The molecule has 3 amide bonds. The minimum atomic E-state index is -0.793. The van der Waals surface area contributed by atoms with Crippen LogP contribution >= 0.6 is 0 Å². The molecule has 4 aromatic rings. The third kappa shape index (κ3) is 6.94. The van der Waals surface area contributed by atoms with Crippen LogP contribution in [0.2, 0.25) is 0 Å². The average molecular weight is 650 g/mol. The van der Waals surface area contributed by atoms with E-state index in [-0.39, 0.29) is 42.4 Å². The number of nitrogens with one attached hydrogen (secondary N) is 2. The van der Waals surface area contributed by atoms with Gasteiger partial charge in [0, 0.05) is 26.1 Å². The van der Waals surface area contributed by atoms with Crippen LogP contribution in [-0.2, 0) is 22.7 Å². The molecule has 9 nitrogen and oxygen atoms in total. The van der Waals surface area contributed by atoms with Crippen LogP contribution in [0.1, 0.15) is 64.4 Å². The van der Waals surface area contributed by atoms with Gasteiger partial charge in [0.1, 0.15) is 35.7 Å². The number of aromatic hydroxyl groups is 2. The summed E-state index contributed by atoms with van der Waals surface area (Å²) in [6.45, 7) is 3.41. The molecule has 1 saturated heterocycles. The summed E-state index contributed by atoms with van der Waals surface area (Å²) in [5.74, 6) is -0.991. The molecule has 246 valence electrons. The second-order valence-electron chi connectivity index (χ2n) is 11.9. The maximum absolute atomic E-state index is 15.0. The van der Waals surface area contributed by atoms with Crippen molar-refractivity contribution in [2.24, 2.45) is 0 Å². The van der Waals surface area contributed by atoms with Crippen molar-refractivity contribution in [1.29, 1.82) is 0 Å². The zero-order chi connectivity index (χ0) is 33.8. The van der Waals surface area contributed by atoms with Gasteiger partial charge in [-0.1, -0.05) is 49.4 Å². The highest BCUT2D eigenvalue weighted by Gasteiger charge is 2.40. The Morgan fingerprint density at radius 2 is 1.54 bits per heavy atom. The number of fused-ring (bicyclic) bond motifs is 1. The number of halogens is 1. The maximum Gasteiger partial charge on any atom is 0.258 e. The van der Waals surface area contributed by atoms with Crippen molar-refractivity contribution >= 4 is 28.9 Å². The topological polar surface area (TPSA) is 128 Å². The van der Waals surface area contributed by atoms with Gasteiger partial charge in [-0.2, -0.15) is 0 Å². The molecule has 0 spiro atoms. The van der Waals surface area contributed by atoms with Gasteiger partial charge in [0.25, 0.3) is 5.91 Å². The molecule has 1 unspecified atom stereocenters. The van der Waals surface area contributed by atoms with E-state index in [0.717, 1.165) is 34.3 Å². The van der Waals surface area contributed by atoms with Crippen LogP contribution in [0.3, 0.4) is 0 Å². The molecule has 4 N–H and O–H groups in total. The normalized spacial score (nSPS) is 16.4. The Bertz CT molecular complexity index is 1870. The van der Waals surface area contributed by atoms with Crippen molar-refractivity contribution in [3.8, 4) is 17.2 Å². The number of benzene rings is 4. The van der Waals surface area contributed by atoms with E-state index in [1.165, 1.54) is 11.0 Å². The SMILES string of the molecule is CC/C(=C(/c1ccc(O)cc1)c1ccc(OCCNCc2cc(F)c3c(c2)CN(C2CCC(=O)NC2=O)C3=O)cc1)c1ccc(O)cc1. The second-order valence-corrected chi connectivity index (χ2v) is 11.9. The number of carbonyl (C=O) groups is 3. The first-order valence-corrected chi connectivity index (χ1v) is 15.9. The summed E-state index contributed by atoms with van der Waals surface area (Å²) in [4.78, 5) is 38.1. The number of nitrogens with zero attached hydrogens (tertiary/aromatic N) is 1. The van der Waals surface area contributed by atoms with E-state index >= 15 is 4.39 Å². The van der Waals surface area contributed by atoms with Gasteiger partial charge in [0.2, 0.25) is 11.8 Å². The molecule has 0 saturated carbocycles. The van der Waals surface area contributed by atoms with E-state index in [2.05, 4.69) is 17.6 Å². The fraction of sp³-hybridized carbons (Fsp3) is 0.237. The predicted octanol–water partition coefficient (Wildman–Crippen LogP) is 5.54. The highest BCUT2D eigenvalue weighted by Crippen LogP contribution is 2.36. The lowest BCUT2D eigenvalue weighted by atomic mass is 9.88. The summed E-state index contributed by atoms with van der Waals surface area (Å²) in [7, 11) is 0. The second kappa shape index (κ2) is 14.1. The van der Waals surface area contributed by atoms with Gasteiger partial charge in [0.15, 0.2) is 0 Å². The summed E-state index contributed by atoms with van der Waals surface area (Å²) in [5.41, 5.74) is 6.20. The third-order valence-electron chi connectivity index (χ3n) is 8.68. The fourth-order valence-electron chi connectivity index (χ4n) is 6.35. The van der Waals surface area contributed by atoms with Crippen LogP contribution in [0.15, 0.2) is 84.9 Å². The molecule has 0 aromatic heterocycles. The minimum absolute atomic E-state index is 0.0206. The van der Waals surface area contributed by atoms with Crippen LogP contribution in [0.4, 0.5) is 4.39 Å². The Kier molecular flexibility index (Phi) is 9.54. The zero-order valence-corrected chi connectivity index (χ0v) is 26.5. The predicted molar refractivity (Wildman–Crippen MR) is 179 cm³/mol. The molecule has 2 aliphatic heterocycles. The van der Waals surface area contributed by atoms with Gasteiger partial charge in [-0.15, -0.1) is 0 Å². The molecule has 2 aliphatic rings. The molecule has 1 atom stereocenters. The Labute approximate surface area is 277 Å². The van der Waals surface area contributed by atoms with Gasteiger partial charge in [-0.25, -0.2) is 4.39 Å². The largest absolute Gasteiger partial charge is 0.508 e. The van der Waals surface area contributed by atoms with Crippen molar-refractivity contribution < 1.29 is 33.7 Å². The van der Waals surface area contributed by atoms with Crippen LogP contribution < -0.4 is 15.4 Å². The summed E-state index contributed by atoms with van der Waals surface area (Å²) in [5, 5.41) is 25.2. The molecule has 4 aromatic carbocycles. The number of amides is 3. The molecule has 0 radical (unpaired) electrons. The van der Waals surface area contributed by atoms with Gasteiger partial charge < -0.3 is 25.2 Å². The highest BCUT2D eigenvalue weighted by atomic mass is 19.1. The van der Waals surface area contributed by atoms with Crippen molar-refractivity contribution in [3.05, 3.63) is 124 Å². The summed E-state index contributed by atoms with van der Waals surface area (Å²) < 4.78 is 21.0. The monoisotopic (exact) mass is 649 g/mol. The number of piperidine rings is 1. The Balaban J connectivity index is 1.08. The number of rotatable bonds is 11. The molecule has 48 heavy (non-hydrogen) atoms. The number of allylic oxidation sites excluding steroid dienone is 1. The number of carbonyl (C=O) groups excluding carboxylic acids is 3. The van der Waals surface area contributed by atoms with Crippen molar-refractivity contribution in [2.45, 2.75) is 45.3 Å². The Morgan fingerprint density at radius 3 is 2.17 bits per heavy atom. The number of phenols is 2. The van der Waals surface area contributed by atoms with Gasteiger partial charge >= 0.3 is 0 Å². The first kappa shape index (κ1) is 32.5. The molecule has 0 bridgehead atoms. The maximum atomic E-state index is 15.0. The number of ether oxygens (including phenoxy) is 1. The standard InChI is InChI=1S/C38H36FN3O6/c1-2-31(24-3-9-28(43)10-4-24)35(25-5-11-29(44)12-6-25)26-7-13-30(14-8-26)48-18-17-40-21-23-19-27-22-42(38(47)36(27)32(39)20-23)33-15-16-34(45)41-37(33)46/h3-14,19-20,33,40,43-44H,2,15-18,21-22H2,1H3,(H,41,45,46)/b35-31+. The van der Waals surface area contributed by atoms with Crippen LogP contribution in [0.25, 0.3) is 11.1 Å². The van der Waals surface area contributed by atoms with E-state index in [9.17, 15) is 24.6 Å². The van der Waals surface area contributed by atoms with Gasteiger partial charge in [0.05, 0.1) is 5.56 Å². The lowest BCUT2D eigenvalue weighted by Gasteiger charge is -2.29. The van der Waals surface area contributed by atoms with Gasteiger partial charge in [-0.3, -0.25) is 19.7 Å². The number of phenolic OH excluding ortho intramolecular Hbond substituents is 2. The minimum Gasteiger partial charge on any atom is -0.508 e. The Morgan fingerprint density at radius 1 is 0.917 bits per heavy atom. The third-order valence-corrected chi connectivity index (χ3v) is 8.68. The highest BCUT2D eigenvalue weighted by molar-refractivity contribution is 6.05. The van der Waals surface area contributed by atoms with Crippen LogP contribution in [0, 0.1) is 5.82 Å². The van der Waals surface area contributed by atoms with E-state index in [4.69, 9.17) is 4.74 Å². The van der Waals surface area contributed by atoms with Gasteiger partial charge in [-0.05, 0) is 94.3 Å². The quantitative estimate of drug-likeness (QED) is 0.0955. The average Bonchev–Trinajstić information content (AvgIpc) is 3.41. The zero-order valence-electron chi connectivity index (χ0n) is 26.5. The smallest absolute Gasteiger partial charge is 0.258 e. The Hall–Kier alpha value is -5.48. The van der Waals surface area contributed by atoms with E-state index in [0.29, 0.717) is 36.6 Å². The molecular weight excluding hydrogens is 613 g/mol. The summed E-state index contributed by atoms with van der Waals surface area (Å²) in [6, 6.07) is 24.3. The molecule has 6 rings (SSSR count). The van der Waals surface area contributed by atoms with Crippen molar-refractivity contribution in [3.63, 3.8) is 0 Å². The van der Waals surface area contributed by atoms with Crippen molar-refractivity contribution in [2.75, 3.05) is 13.2 Å². The first-order chi connectivity index (χ1) is 23.2. The number of imide groups is 1. The van der Waals surface area contributed by atoms with E-state index < -0.39 is 23.7 Å².